The molecule has 2 fully saturated rings. The molecule has 5 heteroatoms. The van der Waals surface area contributed by atoms with Crippen molar-refractivity contribution in [3.63, 3.8) is 0 Å². The van der Waals surface area contributed by atoms with E-state index in [2.05, 4.69) is 10.1 Å². The van der Waals surface area contributed by atoms with Crippen LogP contribution in [0.1, 0.15) is 24.8 Å². The van der Waals surface area contributed by atoms with E-state index in [4.69, 9.17) is 9.63 Å². The second-order valence-corrected chi connectivity index (χ2v) is 4.68. The minimum Gasteiger partial charge on any atom is -0.481 e. The molecule has 0 amide bonds. The van der Waals surface area contributed by atoms with Gasteiger partial charge >= 0.3 is 5.97 Å². The first-order chi connectivity index (χ1) is 7.75. The van der Waals surface area contributed by atoms with Crippen molar-refractivity contribution in [3.05, 3.63) is 18.0 Å². The van der Waals surface area contributed by atoms with E-state index in [1.807, 2.05) is 0 Å². The van der Waals surface area contributed by atoms with E-state index < -0.39 is 5.97 Å². The number of aliphatic carboxylic acids is 1. The SMILES string of the molecule is O=C(O)C1CC2CCC1N2Cc1cnoc1. The average molecular weight is 222 g/mol. The molecule has 1 aromatic heterocycles. The van der Waals surface area contributed by atoms with Crippen LogP contribution < -0.4 is 0 Å². The predicted octanol–water partition coefficient (Wildman–Crippen LogP) is 1.11. The zero-order valence-corrected chi connectivity index (χ0v) is 8.87. The number of hydrogen-bond donors (Lipinski definition) is 1. The van der Waals surface area contributed by atoms with Crippen LogP contribution in [-0.4, -0.2) is 33.2 Å². The van der Waals surface area contributed by atoms with Crippen molar-refractivity contribution in [2.24, 2.45) is 5.92 Å². The molecule has 3 rings (SSSR count). The van der Waals surface area contributed by atoms with Gasteiger partial charge in [-0.2, -0.15) is 0 Å². The Hall–Kier alpha value is -1.36. The van der Waals surface area contributed by atoms with Crippen LogP contribution in [-0.2, 0) is 11.3 Å². The van der Waals surface area contributed by atoms with E-state index in [0.29, 0.717) is 6.04 Å². The lowest BCUT2D eigenvalue weighted by atomic mass is 9.89. The van der Waals surface area contributed by atoms with Gasteiger partial charge in [0.2, 0.25) is 0 Å². The zero-order chi connectivity index (χ0) is 11.1. The van der Waals surface area contributed by atoms with Crippen molar-refractivity contribution in [1.29, 1.82) is 0 Å². The molecule has 3 atom stereocenters. The molecule has 5 nitrogen and oxygen atoms in total. The fraction of sp³-hybridized carbons (Fsp3) is 0.636. The van der Waals surface area contributed by atoms with Gasteiger partial charge < -0.3 is 9.63 Å². The lowest BCUT2D eigenvalue weighted by molar-refractivity contribution is -0.142. The molecule has 0 aliphatic carbocycles. The summed E-state index contributed by atoms with van der Waals surface area (Å²) in [4.78, 5) is 13.4. The molecule has 0 aromatic carbocycles. The van der Waals surface area contributed by atoms with Gasteiger partial charge in [-0.1, -0.05) is 5.16 Å². The number of rotatable bonds is 3. The van der Waals surface area contributed by atoms with Gasteiger partial charge in [-0.3, -0.25) is 9.69 Å². The third kappa shape index (κ3) is 1.43. The highest BCUT2D eigenvalue weighted by atomic mass is 16.5. The van der Waals surface area contributed by atoms with Gasteiger partial charge in [0, 0.05) is 24.2 Å². The molecule has 1 aromatic rings. The summed E-state index contributed by atoms with van der Waals surface area (Å²) in [5, 5.41) is 12.8. The molecule has 16 heavy (non-hydrogen) atoms. The Bertz CT molecular complexity index is 390. The van der Waals surface area contributed by atoms with Gasteiger partial charge in [-0.05, 0) is 19.3 Å². The van der Waals surface area contributed by atoms with Crippen molar-refractivity contribution in [2.75, 3.05) is 0 Å². The number of carboxylic acid groups (broad SMARTS) is 1. The maximum atomic E-state index is 11.1. The van der Waals surface area contributed by atoms with Crippen molar-refractivity contribution in [3.8, 4) is 0 Å². The van der Waals surface area contributed by atoms with E-state index in [1.165, 1.54) is 0 Å². The second kappa shape index (κ2) is 3.59. The number of nitrogens with zero attached hydrogens (tertiary/aromatic N) is 2. The van der Waals surface area contributed by atoms with Crippen LogP contribution in [0.15, 0.2) is 17.0 Å². The van der Waals surface area contributed by atoms with Crippen LogP contribution in [0.3, 0.4) is 0 Å². The number of aromatic nitrogens is 1. The topological polar surface area (TPSA) is 66.6 Å². The van der Waals surface area contributed by atoms with Gasteiger partial charge in [0.1, 0.15) is 6.26 Å². The molecule has 2 aliphatic heterocycles. The fourth-order valence-electron chi connectivity index (χ4n) is 3.13. The summed E-state index contributed by atoms with van der Waals surface area (Å²) in [6.07, 6.45) is 6.26. The molecule has 0 spiro atoms. The largest absolute Gasteiger partial charge is 0.481 e. The van der Waals surface area contributed by atoms with Crippen LogP contribution >= 0.6 is 0 Å². The summed E-state index contributed by atoms with van der Waals surface area (Å²) in [5.74, 6) is -0.832. The summed E-state index contributed by atoms with van der Waals surface area (Å²) < 4.78 is 4.80. The summed E-state index contributed by atoms with van der Waals surface area (Å²) in [6.45, 7) is 0.766. The van der Waals surface area contributed by atoms with E-state index in [9.17, 15) is 4.79 Å². The summed E-state index contributed by atoms with van der Waals surface area (Å²) in [5.41, 5.74) is 1.03. The Morgan fingerprint density at radius 3 is 3.12 bits per heavy atom. The number of hydrogen-bond acceptors (Lipinski definition) is 4. The van der Waals surface area contributed by atoms with Crippen LogP contribution in [0.5, 0.6) is 0 Å². The van der Waals surface area contributed by atoms with Crippen LogP contribution in [0.25, 0.3) is 0 Å². The van der Waals surface area contributed by atoms with Gasteiger partial charge in [0.25, 0.3) is 0 Å². The fourth-order valence-corrected chi connectivity index (χ4v) is 3.13. The molecular formula is C11H14N2O3. The van der Waals surface area contributed by atoms with Crippen molar-refractivity contribution in [2.45, 2.75) is 37.9 Å². The Morgan fingerprint density at radius 1 is 1.62 bits per heavy atom. The Kier molecular flexibility index (Phi) is 2.21. The van der Waals surface area contributed by atoms with Crippen molar-refractivity contribution in [1.82, 2.24) is 10.1 Å². The van der Waals surface area contributed by atoms with Gasteiger partial charge in [0.15, 0.2) is 0 Å². The molecule has 86 valence electrons. The van der Waals surface area contributed by atoms with Crippen LogP contribution in [0.2, 0.25) is 0 Å². The van der Waals surface area contributed by atoms with E-state index in [-0.39, 0.29) is 12.0 Å². The molecule has 3 heterocycles. The third-order valence-electron chi connectivity index (χ3n) is 3.85. The minimum atomic E-state index is -0.650. The average Bonchev–Trinajstić information content (AvgIpc) is 2.96. The Morgan fingerprint density at radius 2 is 2.50 bits per heavy atom. The first-order valence-corrected chi connectivity index (χ1v) is 5.62. The third-order valence-corrected chi connectivity index (χ3v) is 3.85. The van der Waals surface area contributed by atoms with Crippen molar-refractivity contribution >= 4 is 5.97 Å². The Labute approximate surface area is 93.0 Å². The summed E-state index contributed by atoms with van der Waals surface area (Å²) >= 11 is 0. The first-order valence-electron chi connectivity index (χ1n) is 5.62. The highest BCUT2D eigenvalue weighted by molar-refractivity contribution is 5.71. The van der Waals surface area contributed by atoms with Crippen LogP contribution in [0.4, 0.5) is 0 Å². The Balaban J connectivity index is 1.75. The van der Waals surface area contributed by atoms with E-state index in [0.717, 1.165) is 31.4 Å². The number of carbonyl (C=O) groups is 1. The van der Waals surface area contributed by atoms with Gasteiger partial charge in [-0.25, -0.2) is 0 Å². The van der Waals surface area contributed by atoms with E-state index >= 15 is 0 Å². The molecule has 3 unspecified atom stereocenters. The standard InChI is InChI=1S/C11H14N2O3/c14-11(15)9-3-8-1-2-10(9)13(8)5-7-4-12-16-6-7/h4,6,8-10H,1-3,5H2,(H,14,15). The smallest absolute Gasteiger partial charge is 0.308 e. The summed E-state index contributed by atoms with van der Waals surface area (Å²) in [7, 11) is 0. The van der Waals surface area contributed by atoms with Gasteiger partial charge in [0.05, 0.1) is 12.1 Å². The summed E-state index contributed by atoms with van der Waals surface area (Å²) in [6, 6.07) is 0.637. The highest BCUT2D eigenvalue weighted by Crippen LogP contribution is 2.42. The molecular weight excluding hydrogens is 208 g/mol. The molecule has 0 saturated carbocycles. The first kappa shape index (κ1) is 9.84. The molecule has 0 radical (unpaired) electrons. The predicted molar refractivity (Wildman–Crippen MR) is 54.6 cm³/mol. The lowest BCUT2D eigenvalue weighted by Crippen LogP contribution is -2.32. The quantitative estimate of drug-likeness (QED) is 0.829. The second-order valence-electron chi connectivity index (χ2n) is 4.68. The maximum absolute atomic E-state index is 11.1. The number of fused-ring (bicyclic) bond motifs is 2. The van der Waals surface area contributed by atoms with E-state index in [1.54, 1.807) is 12.5 Å². The highest BCUT2D eigenvalue weighted by Gasteiger charge is 2.48. The molecule has 2 aliphatic rings. The molecule has 2 bridgehead atoms. The van der Waals surface area contributed by atoms with Gasteiger partial charge in [-0.15, -0.1) is 0 Å². The molecule has 1 N–H and O–H groups in total. The minimum absolute atomic E-state index is 0.182. The monoisotopic (exact) mass is 222 g/mol. The maximum Gasteiger partial charge on any atom is 0.308 e. The number of carboxylic acids is 1. The van der Waals surface area contributed by atoms with Crippen molar-refractivity contribution < 1.29 is 14.4 Å². The normalized spacial score (nSPS) is 33.4. The lowest BCUT2D eigenvalue weighted by Gasteiger charge is -2.21. The molecule has 2 saturated heterocycles. The zero-order valence-electron chi connectivity index (χ0n) is 8.87. The van der Waals surface area contributed by atoms with Crippen LogP contribution in [0, 0.1) is 5.92 Å².